The van der Waals surface area contributed by atoms with Crippen molar-refractivity contribution >= 4 is 5.97 Å². The Hall–Kier alpha value is -1.29. The highest BCUT2D eigenvalue weighted by Gasteiger charge is 2.10. The van der Waals surface area contributed by atoms with Crippen molar-refractivity contribution in [2.75, 3.05) is 32.8 Å². The number of rotatable bonds is 5. The lowest BCUT2D eigenvalue weighted by Gasteiger charge is -2.24. The van der Waals surface area contributed by atoms with Crippen LogP contribution in [0.15, 0.2) is 23.4 Å². The summed E-state index contributed by atoms with van der Waals surface area (Å²) in [7, 11) is 0. The largest absolute Gasteiger partial charge is 0.463 e. The van der Waals surface area contributed by atoms with Crippen LogP contribution < -0.4 is 5.32 Å². The van der Waals surface area contributed by atoms with Crippen LogP contribution in [0, 0.1) is 0 Å². The van der Waals surface area contributed by atoms with Gasteiger partial charge in [0.2, 0.25) is 0 Å². The van der Waals surface area contributed by atoms with Crippen LogP contribution in [0.2, 0.25) is 0 Å². The van der Waals surface area contributed by atoms with Gasteiger partial charge in [-0.2, -0.15) is 0 Å². The highest BCUT2D eigenvalue weighted by Crippen LogP contribution is 2.12. The summed E-state index contributed by atoms with van der Waals surface area (Å²) in [4.78, 5) is 13.9. The number of nitrogens with zero attached hydrogens (tertiary/aromatic N) is 1. The molecule has 1 heterocycles. The Kier molecular flexibility index (Phi) is 7.26. The van der Waals surface area contributed by atoms with E-state index >= 15 is 0 Å². The molecule has 0 bridgehead atoms. The van der Waals surface area contributed by atoms with Crippen LogP contribution in [0.3, 0.4) is 0 Å². The first-order valence-corrected chi connectivity index (χ1v) is 7.19. The number of esters is 1. The van der Waals surface area contributed by atoms with Gasteiger partial charge in [0.15, 0.2) is 0 Å². The van der Waals surface area contributed by atoms with Gasteiger partial charge < -0.3 is 15.0 Å². The van der Waals surface area contributed by atoms with Crippen molar-refractivity contribution in [1.29, 1.82) is 0 Å². The lowest BCUT2D eigenvalue weighted by atomic mass is 10.2. The molecule has 1 aliphatic heterocycles. The highest BCUT2D eigenvalue weighted by molar-refractivity contribution is 5.88. The molecule has 1 saturated heterocycles. The molecule has 0 amide bonds. The van der Waals surface area contributed by atoms with Crippen LogP contribution in [-0.4, -0.2) is 43.7 Å². The molecule has 0 radical (unpaired) electrons. The molecule has 0 saturated carbocycles. The molecule has 1 fully saturated rings. The fourth-order valence-electron chi connectivity index (χ4n) is 2.11. The molecule has 0 unspecified atom stereocenters. The Bertz CT molecular complexity index is 340. The Morgan fingerprint density at radius 2 is 2.05 bits per heavy atom. The topological polar surface area (TPSA) is 41.6 Å². The fraction of sp³-hybridized carbons (Fsp3) is 0.667. The summed E-state index contributed by atoms with van der Waals surface area (Å²) in [5, 5.41) is 3.40. The van der Waals surface area contributed by atoms with Gasteiger partial charge in [0.1, 0.15) is 0 Å². The zero-order valence-corrected chi connectivity index (χ0v) is 12.4. The molecule has 0 atom stereocenters. The molecule has 1 rings (SSSR count). The van der Waals surface area contributed by atoms with Gasteiger partial charge in [-0.1, -0.05) is 13.0 Å². The Morgan fingerprint density at radius 1 is 1.26 bits per heavy atom. The van der Waals surface area contributed by atoms with Crippen LogP contribution in [-0.2, 0) is 9.53 Å². The number of hydrogen-bond acceptors (Lipinski definition) is 4. The van der Waals surface area contributed by atoms with E-state index in [0.717, 1.165) is 39.0 Å². The molecular formula is C15H26N2O2. The van der Waals surface area contributed by atoms with E-state index in [2.05, 4.69) is 23.2 Å². The van der Waals surface area contributed by atoms with E-state index < -0.39 is 0 Å². The molecule has 1 N–H and O–H groups in total. The minimum absolute atomic E-state index is 0.230. The number of allylic oxidation sites excluding steroid dienone is 3. The van der Waals surface area contributed by atoms with Crippen molar-refractivity contribution in [3.8, 4) is 0 Å². The van der Waals surface area contributed by atoms with Crippen molar-refractivity contribution in [3.63, 3.8) is 0 Å². The summed E-state index contributed by atoms with van der Waals surface area (Å²) in [6.07, 6.45) is 6.07. The quantitative estimate of drug-likeness (QED) is 0.470. The van der Waals surface area contributed by atoms with Gasteiger partial charge in [0.05, 0.1) is 6.61 Å². The number of carbonyl (C=O) groups excluding carboxylic acids is 1. The molecule has 0 aromatic carbocycles. The van der Waals surface area contributed by atoms with Gasteiger partial charge in [0, 0.05) is 30.9 Å². The lowest BCUT2D eigenvalue weighted by molar-refractivity contribution is -0.138. The van der Waals surface area contributed by atoms with Crippen LogP contribution in [0.25, 0.3) is 0 Å². The summed E-state index contributed by atoms with van der Waals surface area (Å²) in [5.41, 5.74) is 1.94. The molecular weight excluding hydrogens is 240 g/mol. The molecule has 4 heteroatoms. The zero-order chi connectivity index (χ0) is 14.1. The third kappa shape index (κ3) is 5.47. The maximum absolute atomic E-state index is 11.5. The molecule has 108 valence electrons. The average Bonchev–Trinajstić information content (AvgIpc) is 2.68. The van der Waals surface area contributed by atoms with Gasteiger partial charge in [0.25, 0.3) is 0 Å². The predicted molar refractivity (Wildman–Crippen MR) is 77.8 cm³/mol. The monoisotopic (exact) mass is 266 g/mol. The Labute approximate surface area is 116 Å². The number of nitrogens with one attached hydrogen (secondary N) is 1. The summed E-state index contributed by atoms with van der Waals surface area (Å²) in [6, 6.07) is 0. The Balaban J connectivity index is 2.69. The van der Waals surface area contributed by atoms with E-state index in [1.807, 2.05) is 13.0 Å². The van der Waals surface area contributed by atoms with Crippen molar-refractivity contribution in [2.45, 2.75) is 33.6 Å². The third-order valence-electron chi connectivity index (χ3n) is 3.23. The molecule has 4 nitrogen and oxygen atoms in total. The van der Waals surface area contributed by atoms with Crippen LogP contribution in [0.4, 0.5) is 0 Å². The van der Waals surface area contributed by atoms with E-state index in [4.69, 9.17) is 4.74 Å². The minimum Gasteiger partial charge on any atom is -0.463 e. The smallest absolute Gasteiger partial charge is 0.333 e. The first-order valence-electron chi connectivity index (χ1n) is 7.19. The van der Waals surface area contributed by atoms with Gasteiger partial charge >= 0.3 is 5.97 Å². The third-order valence-corrected chi connectivity index (χ3v) is 3.23. The molecule has 0 aromatic rings. The summed E-state index contributed by atoms with van der Waals surface area (Å²) in [6.45, 7) is 10.4. The first-order chi connectivity index (χ1) is 9.19. The number of carbonyl (C=O) groups is 1. The standard InChI is InChI=1S/C15H26N2O2/c1-4-14(17-11-6-9-16-10-12-17)8-7-13(3)15(18)19-5-2/h7-8,16H,4-6,9-12H2,1-3H3/b13-7+,14-8+. The van der Waals surface area contributed by atoms with Gasteiger partial charge in [-0.05, 0) is 39.3 Å². The highest BCUT2D eigenvalue weighted by atomic mass is 16.5. The average molecular weight is 266 g/mol. The normalized spacial score (nSPS) is 18.2. The molecule has 19 heavy (non-hydrogen) atoms. The van der Waals surface area contributed by atoms with Gasteiger partial charge in [-0.3, -0.25) is 0 Å². The molecule has 1 aliphatic rings. The zero-order valence-electron chi connectivity index (χ0n) is 12.4. The number of hydrogen-bond donors (Lipinski definition) is 1. The van der Waals surface area contributed by atoms with E-state index in [9.17, 15) is 4.79 Å². The van der Waals surface area contributed by atoms with Crippen LogP contribution in [0.1, 0.15) is 33.6 Å². The van der Waals surface area contributed by atoms with E-state index in [1.54, 1.807) is 6.92 Å². The summed E-state index contributed by atoms with van der Waals surface area (Å²) >= 11 is 0. The van der Waals surface area contributed by atoms with Gasteiger partial charge in [-0.25, -0.2) is 4.79 Å². The number of ether oxygens (including phenoxy) is 1. The Morgan fingerprint density at radius 3 is 2.74 bits per heavy atom. The second-order valence-electron chi connectivity index (χ2n) is 4.67. The SMILES string of the molecule is CCOC(=O)/C(C)=C/C=C(\CC)N1CCCNCC1. The van der Waals surface area contributed by atoms with Crippen molar-refractivity contribution in [3.05, 3.63) is 23.4 Å². The van der Waals surface area contributed by atoms with Crippen molar-refractivity contribution in [1.82, 2.24) is 10.2 Å². The van der Waals surface area contributed by atoms with Crippen molar-refractivity contribution in [2.24, 2.45) is 0 Å². The molecule has 0 aromatic heterocycles. The summed E-state index contributed by atoms with van der Waals surface area (Å²) < 4.78 is 4.97. The molecule has 0 spiro atoms. The van der Waals surface area contributed by atoms with Gasteiger partial charge in [-0.15, -0.1) is 0 Å². The maximum Gasteiger partial charge on any atom is 0.333 e. The second-order valence-corrected chi connectivity index (χ2v) is 4.67. The lowest BCUT2D eigenvalue weighted by Crippen LogP contribution is -2.27. The van der Waals surface area contributed by atoms with E-state index in [1.165, 1.54) is 5.70 Å². The molecule has 0 aliphatic carbocycles. The van der Waals surface area contributed by atoms with E-state index in [-0.39, 0.29) is 5.97 Å². The second kappa shape index (κ2) is 8.75. The predicted octanol–water partition coefficient (Wildman–Crippen LogP) is 2.08. The maximum atomic E-state index is 11.5. The van der Waals surface area contributed by atoms with Crippen LogP contribution in [0.5, 0.6) is 0 Å². The minimum atomic E-state index is -0.230. The van der Waals surface area contributed by atoms with E-state index in [0.29, 0.717) is 12.2 Å². The van der Waals surface area contributed by atoms with Crippen molar-refractivity contribution < 1.29 is 9.53 Å². The fourth-order valence-corrected chi connectivity index (χ4v) is 2.11. The summed E-state index contributed by atoms with van der Waals surface area (Å²) in [5.74, 6) is -0.230. The first kappa shape index (κ1) is 15.8. The van der Waals surface area contributed by atoms with Crippen LogP contribution >= 0.6 is 0 Å².